The second-order valence-corrected chi connectivity index (χ2v) is 7.10. The van der Waals surface area contributed by atoms with Gasteiger partial charge in [0.15, 0.2) is 0 Å². The van der Waals surface area contributed by atoms with Gasteiger partial charge in [0.05, 0.1) is 12.4 Å². The van der Waals surface area contributed by atoms with Crippen LogP contribution in [-0.2, 0) is 20.2 Å². The Hall–Kier alpha value is -0.580. The molecule has 5 heteroatoms. The zero-order valence-electron chi connectivity index (χ0n) is 8.69. The van der Waals surface area contributed by atoms with Crippen molar-refractivity contribution in [1.82, 2.24) is 0 Å². The van der Waals surface area contributed by atoms with E-state index >= 15 is 0 Å². The number of hydrogen-bond donors (Lipinski definition) is 1. The van der Waals surface area contributed by atoms with Gasteiger partial charge in [-0.1, -0.05) is 24.3 Å². The molecule has 1 saturated carbocycles. The van der Waals surface area contributed by atoms with Crippen LogP contribution in [0.25, 0.3) is 0 Å². The lowest BCUT2D eigenvalue weighted by Gasteiger charge is -2.12. The van der Waals surface area contributed by atoms with Gasteiger partial charge in [0.25, 0.3) is 0 Å². The third-order valence-corrected chi connectivity index (χ3v) is 4.04. The summed E-state index contributed by atoms with van der Waals surface area (Å²) in [5.74, 6) is -0.163. The van der Waals surface area contributed by atoms with Crippen molar-refractivity contribution in [3.63, 3.8) is 0 Å². The maximum Gasteiger partial charge on any atom is 0.236 e. The minimum Gasteiger partial charge on any atom is -0.395 e. The summed E-state index contributed by atoms with van der Waals surface area (Å²) in [5.41, 5.74) is 1.55. The van der Waals surface area contributed by atoms with E-state index in [9.17, 15) is 13.5 Å². The van der Waals surface area contributed by atoms with Crippen LogP contribution in [0.2, 0.25) is 0 Å². The summed E-state index contributed by atoms with van der Waals surface area (Å²) in [6.07, 6.45) is 1.92. The first-order chi connectivity index (χ1) is 7.45. The lowest BCUT2D eigenvalue weighted by atomic mass is 9.96. The fourth-order valence-electron chi connectivity index (χ4n) is 1.88. The number of halogens is 1. The molecule has 0 aromatic heterocycles. The van der Waals surface area contributed by atoms with Crippen LogP contribution >= 0.6 is 10.7 Å². The molecule has 1 N–H and O–H groups in total. The van der Waals surface area contributed by atoms with Crippen molar-refractivity contribution in [1.29, 1.82) is 0 Å². The van der Waals surface area contributed by atoms with Crippen LogP contribution in [0, 0.1) is 0 Å². The van der Waals surface area contributed by atoms with Gasteiger partial charge in [0.1, 0.15) is 0 Å². The standard InChI is InChI=1S/C11H13ClO3S/c12-16(14,15)7-9-2-1-3-10(6-9)11(8-13)4-5-11/h1-3,6,13H,4-5,7-8H2. The molecule has 1 aliphatic rings. The maximum atomic E-state index is 11.0. The van der Waals surface area contributed by atoms with Crippen LogP contribution in [0.3, 0.4) is 0 Å². The molecule has 1 aliphatic carbocycles. The van der Waals surface area contributed by atoms with Gasteiger partial charge >= 0.3 is 0 Å². The molecule has 0 aliphatic heterocycles. The predicted molar refractivity (Wildman–Crippen MR) is 62.9 cm³/mol. The number of aliphatic hydroxyl groups excluding tert-OH is 1. The molecule has 88 valence electrons. The van der Waals surface area contributed by atoms with Crippen LogP contribution in [0.4, 0.5) is 0 Å². The van der Waals surface area contributed by atoms with Gasteiger partial charge in [0.2, 0.25) is 9.05 Å². The van der Waals surface area contributed by atoms with E-state index in [1.807, 2.05) is 18.2 Å². The SMILES string of the molecule is O=S(=O)(Cl)Cc1cccc(C2(CO)CC2)c1. The molecule has 0 amide bonds. The first-order valence-electron chi connectivity index (χ1n) is 5.08. The van der Waals surface area contributed by atoms with E-state index in [0.29, 0.717) is 5.56 Å². The fourth-order valence-corrected chi connectivity index (χ4v) is 2.83. The van der Waals surface area contributed by atoms with E-state index in [1.54, 1.807) is 6.07 Å². The molecule has 1 aromatic rings. The van der Waals surface area contributed by atoms with Crippen LogP contribution in [0.5, 0.6) is 0 Å². The summed E-state index contributed by atoms with van der Waals surface area (Å²) in [4.78, 5) is 0. The maximum absolute atomic E-state index is 11.0. The largest absolute Gasteiger partial charge is 0.395 e. The highest BCUT2D eigenvalue weighted by Gasteiger charge is 2.43. The van der Waals surface area contributed by atoms with Crippen LogP contribution < -0.4 is 0 Å². The monoisotopic (exact) mass is 260 g/mol. The summed E-state index contributed by atoms with van der Waals surface area (Å²) in [7, 11) is 1.69. The first kappa shape index (κ1) is 11.9. The number of aliphatic hydroxyl groups is 1. The number of rotatable bonds is 4. The fraction of sp³-hybridized carbons (Fsp3) is 0.455. The minimum absolute atomic E-state index is 0.115. The molecule has 0 spiro atoms. The molecule has 0 saturated heterocycles. The van der Waals surface area contributed by atoms with Gasteiger partial charge in [0, 0.05) is 16.1 Å². The van der Waals surface area contributed by atoms with E-state index in [0.717, 1.165) is 18.4 Å². The smallest absolute Gasteiger partial charge is 0.236 e. The molecule has 16 heavy (non-hydrogen) atoms. The Morgan fingerprint density at radius 1 is 1.38 bits per heavy atom. The number of benzene rings is 1. The molecule has 0 heterocycles. The Morgan fingerprint density at radius 3 is 2.56 bits per heavy atom. The summed E-state index contributed by atoms with van der Waals surface area (Å²) >= 11 is 0. The molecular formula is C11H13ClO3S. The van der Waals surface area contributed by atoms with Crippen molar-refractivity contribution >= 4 is 19.7 Å². The van der Waals surface area contributed by atoms with Gasteiger partial charge in [-0.15, -0.1) is 0 Å². The molecule has 1 aromatic carbocycles. The highest BCUT2D eigenvalue weighted by molar-refractivity contribution is 8.13. The summed E-state index contributed by atoms with van der Waals surface area (Å²) < 4.78 is 21.9. The van der Waals surface area contributed by atoms with Crippen LogP contribution in [0.1, 0.15) is 24.0 Å². The summed E-state index contributed by atoms with van der Waals surface area (Å²) in [6, 6.07) is 7.29. The lowest BCUT2D eigenvalue weighted by molar-refractivity contribution is 0.255. The van der Waals surface area contributed by atoms with E-state index in [-0.39, 0.29) is 17.8 Å². The van der Waals surface area contributed by atoms with Crippen molar-refractivity contribution in [2.75, 3.05) is 6.61 Å². The molecule has 3 nitrogen and oxygen atoms in total. The van der Waals surface area contributed by atoms with Crippen molar-refractivity contribution in [2.24, 2.45) is 0 Å². The van der Waals surface area contributed by atoms with Crippen LogP contribution in [-0.4, -0.2) is 20.1 Å². The third kappa shape index (κ3) is 2.56. The topological polar surface area (TPSA) is 54.4 Å². The van der Waals surface area contributed by atoms with Gasteiger partial charge in [-0.3, -0.25) is 0 Å². The Labute approximate surface area is 99.5 Å². The molecule has 0 unspecified atom stereocenters. The zero-order chi connectivity index (χ0) is 11.8. The Balaban J connectivity index is 2.27. The highest BCUT2D eigenvalue weighted by atomic mass is 35.7. The molecular weight excluding hydrogens is 248 g/mol. The van der Waals surface area contributed by atoms with Crippen molar-refractivity contribution in [2.45, 2.75) is 24.0 Å². The highest BCUT2D eigenvalue weighted by Crippen LogP contribution is 2.47. The van der Waals surface area contributed by atoms with Crippen LogP contribution in [0.15, 0.2) is 24.3 Å². The second kappa shape index (κ2) is 4.02. The van der Waals surface area contributed by atoms with Gasteiger partial charge in [-0.25, -0.2) is 8.42 Å². The van der Waals surface area contributed by atoms with Gasteiger partial charge in [-0.05, 0) is 24.0 Å². The summed E-state index contributed by atoms with van der Waals surface area (Å²) in [6.45, 7) is 0.115. The molecule has 2 rings (SSSR count). The van der Waals surface area contributed by atoms with E-state index in [2.05, 4.69) is 0 Å². The number of hydrogen-bond acceptors (Lipinski definition) is 3. The van der Waals surface area contributed by atoms with Gasteiger partial charge in [-0.2, -0.15) is 0 Å². The molecule has 0 bridgehead atoms. The molecule has 1 fully saturated rings. The Kier molecular flexibility index (Phi) is 2.99. The molecule has 0 atom stereocenters. The normalized spacial score (nSPS) is 18.4. The lowest BCUT2D eigenvalue weighted by Crippen LogP contribution is -2.12. The Bertz CT molecular complexity index is 492. The van der Waals surface area contributed by atoms with Crippen molar-refractivity contribution in [3.05, 3.63) is 35.4 Å². The van der Waals surface area contributed by atoms with Gasteiger partial charge < -0.3 is 5.11 Å². The molecule has 0 radical (unpaired) electrons. The second-order valence-electron chi connectivity index (χ2n) is 4.32. The van der Waals surface area contributed by atoms with Crippen molar-refractivity contribution < 1.29 is 13.5 Å². The summed E-state index contributed by atoms with van der Waals surface area (Å²) in [5, 5.41) is 9.29. The predicted octanol–water partition coefficient (Wildman–Crippen LogP) is 1.78. The first-order valence-corrected chi connectivity index (χ1v) is 7.56. The quantitative estimate of drug-likeness (QED) is 0.840. The zero-order valence-corrected chi connectivity index (χ0v) is 10.3. The van der Waals surface area contributed by atoms with E-state index < -0.39 is 9.05 Å². The van der Waals surface area contributed by atoms with Crippen molar-refractivity contribution in [3.8, 4) is 0 Å². The van der Waals surface area contributed by atoms with E-state index in [4.69, 9.17) is 10.7 Å². The average Bonchev–Trinajstić information content (AvgIpc) is 2.96. The Morgan fingerprint density at radius 2 is 2.06 bits per heavy atom. The van der Waals surface area contributed by atoms with E-state index in [1.165, 1.54) is 0 Å². The minimum atomic E-state index is -3.52. The third-order valence-electron chi connectivity index (χ3n) is 3.03. The average molecular weight is 261 g/mol.